The number of ether oxygens (including phenoxy) is 2. The van der Waals surface area contributed by atoms with Crippen molar-refractivity contribution in [1.29, 1.82) is 0 Å². The van der Waals surface area contributed by atoms with E-state index in [1.807, 2.05) is 13.8 Å². The Bertz CT molecular complexity index is 1410. The number of aromatic nitrogens is 2. The number of rotatable bonds is 9. The second-order valence-corrected chi connectivity index (χ2v) is 9.25. The number of carbonyl (C=O) groups is 1. The lowest BCUT2D eigenvalue weighted by Crippen LogP contribution is -2.26. The Labute approximate surface area is 220 Å². The number of nitro groups is 1. The number of esters is 1. The van der Waals surface area contributed by atoms with Crippen LogP contribution >= 0.6 is 27.5 Å². The zero-order chi connectivity index (χ0) is 26.6. The van der Waals surface area contributed by atoms with Gasteiger partial charge in [-0.15, -0.1) is 0 Å². The van der Waals surface area contributed by atoms with Crippen LogP contribution in [-0.4, -0.2) is 39.5 Å². The molecule has 0 amide bonds. The highest BCUT2D eigenvalue weighted by Gasteiger charge is 2.25. The summed E-state index contributed by atoms with van der Waals surface area (Å²) in [6.45, 7) is 7.07. The van der Waals surface area contributed by atoms with Gasteiger partial charge in [0.2, 0.25) is 5.75 Å². The number of benzene rings is 2. The van der Waals surface area contributed by atoms with Crippen LogP contribution in [0.4, 0.5) is 5.69 Å². The lowest BCUT2D eigenvalue weighted by molar-refractivity contribution is -0.386. The third kappa shape index (κ3) is 5.90. The molecule has 2 atom stereocenters. The fraction of sp³-hybridized carbons (Fsp3) is 0.333. The van der Waals surface area contributed by atoms with Crippen LogP contribution in [-0.2, 0) is 9.53 Å². The molecule has 0 saturated heterocycles. The third-order valence-electron chi connectivity index (χ3n) is 5.36. The van der Waals surface area contributed by atoms with Crippen LogP contribution < -0.4 is 10.3 Å². The van der Waals surface area contributed by atoms with Gasteiger partial charge < -0.3 is 9.47 Å². The summed E-state index contributed by atoms with van der Waals surface area (Å²) >= 11 is 9.65. The van der Waals surface area contributed by atoms with Crippen molar-refractivity contribution in [3.63, 3.8) is 0 Å². The largest absolute Gasteiger partial charge is 0.471 e. The molecule has 12 heteroatoms. The van der Waals surface area contributed by atoms with E-state index in [1.165, 1.54) is 29.9 Å². The van der Waals surface area contributed by atoms with E-state index >= 15 is 0 Å². The number of halogens is 2. The first-order valence-electron chi connectivity index (χ1n) is 11.1. The van der Waals surface area contributed by atoms with Crippen LogP contribution in [0, 0.1) is 10.1 Å². The fourth-order valence-electron chi connectivity index (χ4n) is 3.31. The summed E-state index contributed by atoms with van der Waals surface area (Å²) in [5, 5.41) is 16.3. The Balaban J connectivity index is 2.08. The average Bonchev–Trinajstić information content (AvgIpc) is 2.84. The molecule has 0 aliphatic carbocycles. The molecular weight excluding hydrogens is 556 g/mol. The van der Waals surface area contributed by atoms with Crippen molar-refractivity contribution in [2.45, 2.75) is 46.1 Å². The summed E-state index contributed by atoms with van der Waals surface area (Å²) in [4.78, 5) is 40.9. The Morgan fingerprint density at radius 3 is 2.67 bits per heavy atom. The Kier molecular flexibility index (Phi) is 8.80. The maximum atomic E-state index is 13.3. The van der Waals surface area contributed by atoms with Crippen molar-refractivity contribution in [3.05, 3.63) is 71.7 Å². The third-order valence-corrected chi connectivity index (χ3v) is 6.14. The Hall–Kier alpha value is -3.31. The van der Waals surface area contributed by atoms with Crippen molar-refractivity contribution in [3.8, 4) is 5.75 Å². The monoisotopic (exact) mass is 578 g/mol. The van der Waals surface area contributed by atoms with Gasteiger partial charge in [-0.05, 0) is 44.5 Å². The molecule has 1 heterocycles. The Morgan fingerprint density at radius 2 is 2.03 bits per heavy atom. The van der Waals surface area contributed by atoms with E-state index in [1.54, 1.807) is 25.1 Å². The summed E-state index contributed by atoms with van der Waals surface area (Å²) in [7, 11) is 0. The first-order chi connectivity index (χ1) is 17.1. The van der Waals surface area contributed by atoms with E-state index in [-0.39, 0.29) is 34.4 Å². The SMILES string of the molecule is CCOC(=O)[C@@H](C)Oc1c(Cl)cc(C=Nn2c([C@@H](C)CC)nc3ccc(Br)cc3c2=O)cc1[N+](=O)[O-]. The lowest BCUT2D eigenvalue weighted by Gasteiger charge is -2.15. The molecule has 0 aliphatic heterocycles. The molecule has 36 heavy (non-hydrogen) atoms. The van der Waals surface area contributed by atoms with E-state index in [0.29, 0.717) is 23.1 Å². The highest BCUT2D eigenvalue weighted by Crippen LogP contribution is 2.36. The van der Waals surface area contributed by atoms with Crippen LogP contribution in [0.25, 0.3) is 10.9 Å². The second kappa shape index (κ2) is 11.6. The molecule has 0 saturated carbocycles. The average molecular weight is 580 g/mol. The van der Waals surface area contributed by atoms with Gasteiger partial charge in [-0.3, -0.25) is 14.9 Å². The van der Waals surface area contributed by atoms with Crippen molar-refractivity contribution in [2.75, 3.05) is 6.61 Å². The molecule has 3 aromatic rings. The minimum Gasteiger partial charge on any atom is -0.471 e. The molecule has 3 rings (SSSR count). The highest BCUT2D eigenvalue weighted by atomic mass is 79.9. The summed E-state index contributed by atoms with van der Waals surface area (Å²) in [6, 6.07) is 7.80. The second-order valence-electron chi connectivity index (χ2n) is 7.92. The standard InChI is InChI=1S/C24H24BrClN4O6/c1-5-13(3)22-28-19-8-7-16(25)11-17(19)23(31)29(22)27-12-15-9-18(26)21(20(10-15)30(33)34)36-14(4)24(32)35-6-2/h7-14H,5-6H2,1-4H3/t13-,14+/m0/s1. The predicted octanol–water partition coefficient (Wildman–Crippen LogP) is 5.45. The van der Waals surface area contributed by atoms with Crippen molar-refractivity contribution < 1.29 is 19.2 Å². The van der Waals surface area contributed by atoms with Crippen LogP contribution in [0.15, 0.2) is 44.7 Å². The van der Waals surface area contributed by atoms with Gasteiger partial charge in [-0.1, -0.05) is 41.4 Å². The number of carbonyl (C=O) groups excluding carboxylic acids is 1. The maximum absolute atomic E-state index is 13.3. The van der Waals surface area contributed by atoms with Crippen molar-refractivity contribution >= 4 is 56.3 Å². The molecule has 1 aromatic heterocycles. The lowest BCUT2D eigenvalue weighted by atomic mass is 10.1. The van der Waals surface area contributed by atoms with Crippen LogP contribution in [0.1, 0.15) is 51.4 Å². The molecule has 0 aliphatic rings. The number of fused-ring (bicyclic) bond motifs is 1. The number of hydrogen-bond acceptors (Lipinski definition) is 8. The minimum atomic E-state index is -1.11. The topological polar surface area (TPSA) is 126 Å². The first-order valence-corrected chi connectivity index (χ1v) is 12.3. The smallest absolute Gasteiger partial charge is 0.347 e. The van der Waals surface area contributed by atoms with Gasteiger partial charge in [0.05, 0.1) is 33.7 Å². The quantitative estimate of drug-likeness (QED) is 0.143. The van der Waals surface area contributed by atoms with Gasteiger partial charge in [0.15, 0.2) is 6.10 Å². The molecule has 0 fully saturated rings. The molecule has 0 radical (unpaired) electrons. The minimum absolute atomic E-state index is 0.0824. The number of nitro benzene ring substituents is 1. The van der Waals surface area contributed by atoms with Gasteiger partial charge >= 0.3 is 11.7 Å². The molecule has 0 unspecified atom stereocenters. The molecule has 190 valence electrons. The van der Waals surface area contributed by atoms with Gasteiger partial charge in [-0.25, -0.2) is 9.78 Å². The van der Waals surface area contributed by atoms with E-state index < -0.39 is 22.7 Å². The summed E-state index contributed by atoms with van der Waals surface area (Å²) < 4.78 is 12.2. The molecule has 0 spiro atoms. The molecular formula is C24H24BrClN4O6. The van der Waals surface area contributed by atoms with Crippen molar-refractivity contribution in [1.82, 2.24) is 9.66 Å². The zero-order valence-electron chi connectivity index (χ0n) is 20.0. The molecule has 0 bridgehead atoms. The van der Waals surface area contributed by atoms with Crippen molar-refractivity contribution in [2.24, 2.45) is 5.10 Å². The van der Waals surface area contributed by atoms with E-state index in [4.69, 9.17) is 21.1 Å². The molecule has 2 aromatic carbocycles. The van der Waals surface area contributed by atoms with Gasteiger partial charge in [0.1, 0.15) is 5.82 Å². The van der Waals surface area contributed by atoms with Gasteiger partial charge in [-0.2, -0.15) is 9.78 Å². The van der Waals surface area contributed by atoms with E-state index in [2.05, 4.69) is 26.0 Å². The van der Waals surface area contributed by atoms with E-state index in [9.17, 15) is 19.7 Å². The van der Waals surface area contributed by atoms with Gasteiger partial charge in [0, 0.05) is 22.0 Å². The normalized spacial score (nSPS) is 13.1. The number of nitrogens with zero attached hydrogens (tertiary/aromatic N) is 4. The maximum Gasteiger partial charge on any atom is 0.347 e. The molecule has 0 N–H and O–H groups in total. The highest BCUT2D eigenvalue weighted by molar-refractivity contribution is 9.10. The summed E-state index contributed by atoms with van der Waals surface area (Å²) in [5.74, 6) is -0.576. The number of hydrogen-bond donors (Lipinski definition) is 0. The summed E-state index contributed by atoms with van der Waals surface area (Å²) in [6.07, 6.45) is 0.891. The Morgan fingerprint density at radius 1 is 1.31 bits per heavy atom. The zero-order valence-corrected chi connectivity index (χ0v) is 22.4. The first kappa shape index (κ1) is 27.3. The van der Waals surface area contributed by atoms with Gasteiger partial charge in [0.25, 0.3) is 5.56 Å². The summed E-state index contributed by atoms with van der Waals surface area (Å²) in [5.41, 5.74) is -0.0492. The van der Waals surface area contributed by atoms with Crippen LogP contribution in [0.2, 0.25) is 5.02 Å². The fourth-order valence-corrected chi connectivity index (χ4v) is 3.94. The van der Waals surface area contributed by atoms with Crippen LogP contribution in [0.5, 0.6) is 5.75 Å². The molecule has 10 nitrogen and oxygen atoms in total. The predicted molar refractivity (Wildman–Crippen MR) is 140 cm³/mol. The van der Waals surface area contributed by atoms with E-state index in [0.717, 1.165) is 4.47 Å². The van der Waals surface area contributed by atoms with Crippen LogP contribution in [0.3, 0.4) is 0 Å².